The van der Waals surface area contributed by atoms with Gasteiger partial charge in [-0.2, -0.15) is 0 Å². The molecule has 0 aliphatic heterocycles. The lowest BCUT2D eigenvalue weighted by Gasteiger charge is -2.11. The number of nitrogen functional groups attached to an aromatic ring is 1. The zero-order valence-corrected chi connectivity index (χ0v) is 13.5. The van der Waals surface area contributed by atoms with E-state index in [-0.39, 0.29) is 16.9 Å². The number of rotatable bonds is 4. The van der Waals surface area contributed by atoms with Crippen LogP contribution in [0.4, 0.5) is 5.82 Å². The van der Waals surface area contributed by atoms with Crippen molar-refractivity contribution in [2.45, 2.75) is 6.92 Å². The van der Waals surface area contributed by atoms with Gasteiger partial charge < -0.3 is 10.5 Å². The fourth-order valence-electron chi connectivity index (χ4n) is 2.10. The number of ether oxygens (including phenoxy) is 1. The molecule has 0 fully saturated rings. The third-order valence-electron chi connectivity index (χ3n) is 3.61. The van der Waals surface area contributed by atoms with Crippen LogP contribution >= 0.6 is 0 Å². The molecule has 2 N–H and O–H groups in total. The van der Waals surface area contributed by atoms with Gasteiger partial charge in [0.15, 0.2) is 6.61 Å². The van der Waals surface area contributed by atoms with Gasteiger partial charge in [-0.3, -0.25) is 18.7 Å². The number of nitrogens with zero attached hydrogens (tertiary/aromatic N) is 2. The van der Waals surface area contributed by atoms with Crippen molar-refractivity contribution >= 4 is 17.6 Å². The minimum absolute atomic E-state index is 0.264. The molecule has 8 nitrogen and oxygen atoms in total. The number of anilines is 1. The topological polar surface area (TPSA) is 113 Å². The smallest absolute Gasteiger partial charge is 0.338 e. The summed E-state index contributed by atoms with van der Waals surface area (Å²) < 4.78 is 6.68. The van der Waals surface area contributed by atoms with Crippen LogP contribution in [-0.2, 0) is 18.8 Å². The summed E-state index contributed by atoms with van der Waals surface area (Å²) in [5.74, 6) is -1.73. The maximum absolute atomic E-state index is 12.2. The lowest BCUT2D eigenvalue weighted by atomic mass is 10.1. The first-order valence-electron chi connectivity index (χ1n) is 7.06. The van der Waals surface area contributed by atoms with E-state index < -0.39 is 29.6 Å². The van der Waals surface area contributed by atoms with Gasteiger partial charge in [0, 0.05) is 14.1 Å². The molecule has 0 spiro atoms. The summed E-state index contributed by atoms with van der Waals surface area (Å²) >= 11 is 0. The number of carbonyl (C=O) groups is 2. The molecule has 0 radical (unpaired) electrons. The Balaban J connectivity index is 2.22. The zero-order valence-electron chi connectivity index (χ0n) is 13.5. The first kappa shape index (κ1) is 17.2. The number of hydrogen-bond acceptors (Lipinski definition) is 6. The van der Waals surface area contributed by atoms with E-state index in [0.29, 0.717) is 0 Å². The summed E-state index contributed by atoms with van der Waals surface area (Å²) in [5, 5.41) is 0. The van der Waals surface area contributed by atoms with Gasteiger partial charge in [0.05, 0.1) is 5.56 Å². The fraction of sp³-hybridized carbons (Fsp3) is 0.250. The van der Waals surface area contributed by atoms with E-state index in [9.17, 15) is 19.2 Å². The van der Waals surface area contributed by atoms with E-state index in [1.54, 1.807) is 24.3 Å². The van der Waals surface area contributed by atoms with Gasteiger partial charge >= 0.3 is 11.7 Å². The van der Waals surface area contributed by atoms with Gasteiger partial charge in [-0.1, -0.05) is 17.7 Å². The highest BCUT2D eigenvalue weighted by atomic mass is 16.5. The molecule has 0 saturated heterocycles. The zero-order chi connectivity index (χ0) is 18.0. The predicted octanol–water partition coefficient (Wildman–Crippen LogP) is 0.0143. The van der Waals surface area contributed by atoms with E-state index in [1.165, 1.54) is 14.1 Å². The van der Waals surface area contributed by atoms with Crippen LogP contribution in [0.25, 0.3) is 0 Å². The van der Waals surface area contributed by atoms with Crippen LogP contribution in [0, 0.1) is 6.92 Å². The maximum Gasteiger partial charge on any atom is 0.338 e. The summed E-state index contributed by atoms with van der Waals surface area (Å²) in [6.07, 6.45) is 0. The number of aromatic nitrogens is 2. The Hall–Kier alpha value is -3.16. The molecule has 0 bridgehead atoms. The van der Waals surface area contributed by atoms with Crippen LogP contribution in [0.1, 0.15) is 26.3 Å². The third-order valence-corrected chi connectivity index (χ3v) is 3.61. The Morgan fingerprint density at radius 1 is 1.08 bits per heavy atom. The van der Waals surface area contributed by atoms with E-state index in [2.05, 4.69) is 0 Å². The van der Waals surface area contributed by atoms with Crippen molar-refractivity contribution < 1.29 is 14.3 Å². The quantitative estimate of drug-likeness (QED) is 0.624. The van der Waals surface area contributed by atoms with Crippen molar-refractivity contribution in [1.82, 2.24) is 9.13 Å². The second-order valence-electron chi connectivity index (χ2n) is 5.33. The summed E-state index contributed by atoms with van der Waals surface area (Å²) in [7, 11) is 2.57. The number of carbonyl (C=O) groups excluding carboxylic acids is 2. The molecular formula is C16H17N3O5. The molecule has 24 heavy (non-hydrogen) atoms. The number of nitrogens with two attached hydrogens (primary N) is 1. The fourth-order valence-corrected chi connectivity index (χ4v) is 2.10. The summed E-state index contributed by atoms with van der Waals surface area (Å²) in [6.45, 7) is 1.22. The van der Waals surface area contributed by atoms with Gasteiger partial charge in [-0.25, -0.2) is 9.59 Å². The summed E-state index contributed by atoms with van der Waals surface area (Å²) in [6, 6.07) is 6.61. The van der Waals surface area contributed by atoms with Gasteiger partial charge in [0.1, 0.15) is 11.4 Å². The highest BCUT2D eigenvalue weighted by molar-refractivity contribution is 6.02. The second-order valence-corrected chi connectivity index (χ2v) is 5.33. The molecule has 0 atom stereocenters. The summed E-state index contributed by atoms with van der Waals surface area (Å²) in [5.41, 5.74) is 5.09. The molecular weight excluding hydrogens is 314 g/mol. The number of esters is 1. The average molecular weight is 331 g/mol. The minimum Gasteiger partial charge on any atom is -0.454 e. The molecule has 0 saturated carbocycles. The lowest BCUT2D eigenvalue weighted by Crippen LogP contribution is -2.42. The molecule has 1 aromatic carbocycles. The third kappa shape index (κ3) is 3.12. The van der Waals surface area contributed by atoms with Crippen molar-refractivity contribution in [2.24, 2.45) is 14.1 Å². The molecule has 0 aliphatic rings. The van der Waals surface area contributed by atoms with Crippen LogP contribution in [0.5, 0.6) is 0 Å². The van der Waals surface area contributed by atoms with Crippen molar-refractivity contribution in [3.63, 3.8) is 0 Å². The van der Waals surface area contributed by atoms with E-state index in [0.717, 1.165) is 14.7 Å². The molecule has 2 aromatic rings. The molecule has 0 amide bonds. The molecule has 8 heteroatoms. The van der Waals surface area contributed by atoms with Crippen molar-refractivity contribution in [2.75, 3.05) is 12.3 Å². The number of ketones is 1. The highest BCUT2D eigenvalue weighted by Crippen LogP contribution is 2.07. The Labute approximate surface area is 137 Å². The van der Waals surface area contributed by atoms with Crippen LogP contribution in [0.3, 0.4) is 0 Å². The predicted molar refractivity (Wildman–Crippen MR) is 87.1 cm³/mol. The molecule has 1 heterocycles. The van der Waals surface area contributed by atoms with Crippen molar-refractivity contribution in [3.8, 4) is 0 Å². The van der Waals surface area contributed by atoms with Gasteiger partial charge in [0.25, 0.3) is 5.56 Å². The molecule has 2 rings (SSSR count). The second kappa shape index (κ2) is 6.53. The number of benzene rings is 1. The van der Waals surface area contributed by atoms with E-state index >= 15 is 0 Å². The number of Topliss-reactive ketones (excluding diaryl/α,β-unsaturated/α-hetero) is 1. The SMILES string of the molecule is Cc1ccc(C(=O)OCC(=O)c2c(N)n(C)c(=O)n(C)c2=O)cc1. The van der Waals surface area contributed by atoms with Crippen molar-refractivity contribution in [3.05, 3.63) is 61.8 Å². The monoisotopic (exact) mass is 331 g/mol. The average Bonchev–Trinajstić information content (AvgIpc) is 2.57. The molecule has 0 unspecified atom stereocenters. The first-order chi connectivity index (χ1) is 11.2. The Kier molecular flexibility index (Phi) is 4.68. The first-order valence-corrected chi connectivity index (χ1v) is 7.06. The molecule has 126 valence electrons. The number of aryl methyl sites for hydroxylation is 1. The van der Waals surface area contributed by atoms with Crippen LogP contribution < -0.4 is 17.0 Å². The van der Waals surface area contributed by atoms with Gasteiger partial charge in [-0.05, 0) is 19.1 Å². The van der Waals surface area contributed by atoms with E-state index in [4.69, 9.17) is 10.5 Å². The van der Waals surface area contributed by atoms with Crippen LogP contribution in [-0.4, -0.2) is 27.5 Å². The van der Waals surface area contributed by atoms with E-state index in [1.807, 2.05) is 6.92 Å². The highest BCUT2D eigenvalue weighted by Gasteiger charge is 2.21. The Bertz CT molecular complexity index is 922. The van der Waals surface area contributed by atoms with Gasteiger partial charge in [-0.15, -0.1) is 0 Å². The molecule has 0 aliphatic carbocycles. The van der Waals surface area contributed by atoms with Crippen LogP contribution in [0.2, 0.25) is 0 Å². The van der Waals surface area contributed by atoms with Gasteiger partial charge in [0.2, 0.25) is 5.78 Å². The number of hydrogen-bond donors (Lipinski definition) is 1. The standard InChI is InChI=1S/C16H17N3O5/c1-9-4-6-10(7-5-9)15(22)24-8-11(20)12-13(17)18(2)16(23)19(3)14(12)21/h4-7H,8,17H2,1-3H3. The normalized spacial score (nSPS) is 10.5. The van der Waals surface area contributed by atoms with Crippen LogP contribution in [0.15, 0.2) is 33.9 Å². The minimum atomic E-state index is -0.827. The lowest BCUT2D eigenvalue weighted by molar-refractivity contribution is 0.0474. The van der Waals surface area contributed by atoms with Crippen molar-refractivity contribution in [1.29, 1.82) is 0 Å². The Morgan fingerprint density at radius 2 is 1.67 bits per heavy atom. The summed E-state index contributed by atoms with van der Waals surface area (Å²) in [4.78, 5) is 47.9. The molecule has 1 aromatic heterocycles. The largest absolute Gasteiger partial charge is 0.454 e. The maximum atomic E-state index is 12.2. The Morgan fingerprint density at radius 3 is 2.25 bits per heavy atom.